The molecule has 1 unspecified atom stereocenters. The van der Waals surface area contributed by atoms with E-state index in [1.165, 1.54) is 12.3 Å². The molecule has 0 saturated heterocycles. The van der Waals surface area contributed by atoms with Crippen molar-refractivity contribution in [2.45, 2.75) is 19.5 Å². The first-order chi connectivity index (χ1) is 20.6. The summed E-state index contributed by atoms with van der Waals surface area (Å²) in [6.07, 6.45) is 1.28. The quantitative estimate of drug-likeness (QED) is 0.185. The van der Waals surface area contributed by atoms with Crippen molar-refractivity contribution in [3.05, 3.63) is 134 Å². The van der Waals surface area contributed by atoms with Gasteiger partial charge in [0.25, 0.3) is 5.91 Å². The Bertz CT molecular complexity index is 1920. The van der Waals surface area contributed by atoms with Crippen molar-refractivity contribution in [2.24, 2.45) is 0 Å². The summed E-state index contributed by atoms with van der Waals surface area (Å²) in [5.74, 6) is -2.31. The molecule has 0 bridgehead atoms. The molecule has 4 aromatic carbocycles. The summed E-state index contributed by atoms with van der Waals surface area (Å²) in [6.45, 7) is 1.76. The molecule has 8 nitrogen and oxygen atoms in total. The number of carboxylic acids is 1. The summed E-state index contributed by atoms with van der Waals surface area (Å²) in [5.41, 5.74) is 2.74. The van der Waals surface area contributed by atoms with Crippen LogP contribution in [-0.2, 0) is 11.3 Å². The maximum Gasteiger partial charge on any atom is 0.341 e. The van der Waals surface area contributed by atoms with Gasteiger partial charge in [0, 0.05) is 29.4 Å². The molecule has 2 amide bonds. The van der Waals surface area contributed by atoms with Gasteiger partial charge in [0.15, 0.2) is 0 Å². The van der Waals surface area contributed by atoms with Crippen molar-refractivity contribution in [1.82, 2.24) is 9.88 Å². The Labute approximate surface area is 256 Å². The number of carbonyl (C=O) groups is 3. The highest BCUT2D eigenvalue weighted by atomic mass is 35.5. The SMILES string of the molecule is CC(NC(=O)c1ccc(-c2ccccc2)cc1)C(=O)Nc1ccc2c(c1)c(=O)c(C(=O)O)cn2Cc1ccc(Cl)c(Cl)c1. The van der Waals surface area contributed by atoms with E-state index >= 15 is 0 Å². The molecule has 10 heteroatoms. The lowest BCUT2D eigenvalue weighted by Crippen LogP contribution is -2.41. The average Bonchev–Trinajstić information content (AvgIpc) is 3.00. The first-order valence-electron chi connectivity index (χ1n) is 13.2. The monoisotopic (exact) mass is 613 g/mol. The molecule has 43 heavy (non-hydrogen) atoms. The van der Waals surface area contributed by atoms with Crippen LogP contribution in [0.15, 0.2) is 102 Å². The Balaban J connectivity index is 1.34. The van der Waals surface area contributed by atoms with Gasteiger partial charge in [0.2, 0.25) is 11.3 Å². The number of anilines is 1. The first kappa shape index (κ1) is 29.6. The fourth-order valence-corrected chi connectivity index (χ4v) is 4.95. The molecule has 1 aromatic heterocycles. The zero-order valence-electron chi connectivity index (χ0n) is 22.8. The third-order valence-corrected chi connectivity index (χ3v) is 7.65. The number of aromatic carboxylic acids is 1. The van der Waals surface area contributed by atoms with E-state index in [1.54, 1.807) is 54.0 Å². The molecule has 0 fully saturated rings. The third kappa shape index (κ3) is 6.61. The van der Waals surface area contributed by atoms with Gasteiger partial charge in [-0.1, -0.05) is 71.7 Å². The number of fused-ring (bicyclic) bond motifs is 1. The second kappa shape index (κ2) is 12.5. The van der Waals surface area contributed by atoms with Crippen molar-refractivity contribution in [3.8, 4) is 11.1 Å². The molecule has 216 valence electrons. The Hall–Kier alpha value is -4.92. The number of carboxylic acid groups (broad SMARTS) is 1. The van der Waals surface area contributed by atoms with Crippen LogP contribution in [0.4, 0.5) is 5.69 Å². The Morgan fingerprint density at radius 3 is 2.23 bits per heavy atom. The van der Waals surface area contributed by atoms with Gasteiger partial charge in [-0.25, -0.2) is 4.79 Å². The summed E-state index contributed by atoms with van der Waals surface area (Å²) < 4.78 is 1.62. The molecule has 0 spiro atoms. The number of rotatable bonds is 8. The van der Waals surface area contributed by atoms with Crippen LogP contribution in [0.5, 0.6) is 0 Å². The minimum absolute atomic E-state index is 0.105. The summed E-state index contributed by atoms with van der Waals surface area (Å²) in [4.78, 5) is 50.7. The van der Waals surface area contributed by atoms with E-state index in [1.807, 2.05) is 42.5 Å². The number of pyridine rings is 1. The van der Waals surface area contributed by atoms with E-state index in [0.29, 0.717) is 21.1 Å². The Kier molecular flexibility index (Phi) is 8.61. The van der Waals surface area contributed by atoms with Crippen LogP contribution in [-0.4, -0.2) is 33.5 Å². The molecule has 3 N–H and O–H groups in total. The van der Waals surface area contributed by atoms with Crippen LogP contribution in [0.2, 0.25) is 10.0 Å². The largest absolute Gasteiger partial charge is 0.477 e. The highest BCUT2D eigenvalue weighted by molar-refractivity contribution is 6.42. The topological polar surface area (TPSA) is 118 Å². The number of hydrogen-bond acceptors (Lipinski definition) is 4. The maximum absolute atomic E-state index is 13.1. The zero-order chi connectivity index (χ0) is 30.7. The fraction of sp³-hybridized carbons (Fsp3) is 0.0909. The van der Waals surface area contributed by atoms with Crippen molar-refractivity contribution in [2.75, 3.05) is 5.32 Å². The van der Waals surface area contributed by atoms with Gasteiger partial charge in [-0.15, -0.1) is 0 Å². The lowest BCUT2D eigenvalue weighted by Gasteiger charge is -2.16. The third-order valence-electron chi connectivity index (χ3n) is 6.91. The number of nitrogens with zero attached hydrogens (tertiary/aromatic N) is 1. The predicted molar refractivity (Wildman–Crippen MR) is 168 cm³/mol. The molecule has 1 atom stereocenters. The highest BCUT2D eigenvalue weighted by Crippen LogP contribution is 2.25. The van der Waals surface area contributed by atoms with Gasteiger partial charge < -0.3 is 20.3 Å². The number of aromatic nitrogens is 1. The molecule has 1 heterocycles. The van der Waals surface area contributed by atoms with E-state index in [9.17, 15) is 24.3 Å². The Morgan fingerprint density at radius 1 is 0.860 bits per heavy atom. The number of halogens is 2. The minimum atomic E-state index is -1.38. The number of nitrogens with one attached hydrogen (secondary N) is 2. The molecule has 5 aromatic rings. The van der Waals surface area contributed by atoms with E-state index in [4.69, 9.17) is 23.2 Å². The average molecular weight is 614 g/mol. The van der Waals surface area contributed by atoms with Crippen molar-refractivity contribution >= 4 is 57.6 Å². The molecular weight excluding hydrogens is 589 g/mol. The van der Waals surface area contributed by atoms with Gasteiger partial charge in [-0.05, 0) is 66.1 Å². The van der Waals surface area contributed by atoms with E-state index in [-0.39, 0.29) is 17.6 Å². The normalized spacial score (nSPS) is 11.6. The molecule has 0 aliphatic rings. The van der Waals surface area contributed by atoms with Gasteiger partial charge in [0.05, 0.1) is 15.6 Å². The van der Waals surface area contributed by atoms with E-state index < -0.39 is 34.8 Å². The van der Waals surface area contributed by atoms with Crippen molar-refractivity contribution in [3.63, 3.8) is 0 Å². The second-order valence-corrected chi connectivity index (χ2v) is 10.7. The van der Waals surface area contributed by atoms with Gasteiger partial charge >= 0.3 is 5.97 Å². The van der Waals surface area contributed by atoms with Crippen LogP contribution in [0.1, 0.15) is 33.2 Å². The molecular formula is C33H25Cl2N3O5. The number of carbonyl (C=O) groups excluding carboxylic acids is 2. The smallest absolute Gasteiger partial charge is 0.341 e. The maximum atomic E-state index is 13.1. The zero-order valence-corrected chi connectivity index (χ0v) is 24.3. The lowest BCUT2D eigenvalue weighted by molar-refractivity contribution is -0.117. The van der Waals surface area contributed by atoms with Gasteiger partial charge in [-0.2, -0.15) is 0 Å². The van der Waals surface area contributed by atoms with Gasteiger partial charge in [-0.3, -0.25) is 14.4 Å². The summed E-state index contributed by atoms with van der Waals surface area (Å²) in [7, 11) is 0. The second-order valence-electron chi connectivity index (χ2n) is 9.91. The predicted octanol–water partition coefficient (Wildman–Crippen LogP) is 6.48. The van der Waals surface area contributed by atoms with Crippen molar-refractivity contribution in [1.29, 1.82) is 0 Å². The van der Waals surface area contributed by atoms with Gasteiger partial charge in [0.1, 0.15) is 11.6 Å². The van der Waals surface area contributed by atoms with Crippen LogP contribution < -0.4 is 16.1 Å². The van der Waals surface area contributed by atoms with E-state index in [2.05, 4.69) is 10.6 Å². The number of benzene rings is 4. The molecule has 0 aliphatic heterocycles. The standard InChI is InChI=1S/C33H25Cl2N3O5/c1-19(36-32(41)23-10-8-22(9-11-23)21-5-3-2-4-6-21)31(40)37-24-12-14-29-25(16-24)30(39)26(33(42)43)18-38(29)17-20-7-13-27(34)28(35)15-20/h2-16,18-19H,17H2,1H3,(H,36,41)(H,37,40)(H,42,43). The lowest BCUT2D eigenvalue weighted by atomic mass is 10.0. The number of hydrogen-bond donors (Lipinski definition) is 3. The van der Waals surface area contributed by atoms with Crippen LogP contribution >= 0.6 is 23.2 Å². The molecule has 5 rings (SSSR count). The highest BCUT2D eigenvalue weighted by Gasteiger charge is 2.19. The van der Waals surface area contributed by atoms with Crippen molar-refractivity contribution < 1.29 is 19.5 Å². The van der Waals surface area contributed by atoms with Crippen LogP contribution in [0.25, 0.3) is 22.0 Å². The molecule has 0 radical (unpaired) electrons. The van der Waals surface area contributed by atoms with E-state index in [0.717, 1.165) is 16.7 Å². The molecule has 0 saturated carbocycles. The first-order valence-corrected chi connectivity index (χ1v) is 14.0. The summed E-state index contributed by atoms with van der Waals surface area (Å²) in [6, 6.07) is 25.6. The minimum Gasteiger partial charge on any atom is -0.477 e. The number of amides is 2. The fourth-order valence-electron chi connectivity index (χ4n) is 4.63. The van der Waals surface area contributed by atoms with Crippen LogP contribution in [0, 0.1) is 0 Å². The van der Waals surface area contributed by atoms with Crippen LogP contribution in [0.3, 0.4) is 0 Å². The Morgan fingerprint density at radius 2 is 1.56 bits per heavy atom. The summed E-state index contributed by atoms with van der Waals surface area (Å²) >= 11 is 12.2. The molecule has 0 aliphatic carbocycles. The summed E-state index contributed by atoms with van der Waals surface area (Å²) in [5, 5.41) is 15.9.